The predicted octanol–water partition coefficient (Wildman–Crippen LogP) is 2.53. The molecule has 5 heteroatoms. The van der Waals surface area contributed by atoms with Gasteiger partial charge >= 0.3 is 6.09 Å². The Labute approximate surface area is 118 Å². The molecule has 0 spiro atoms. The fourth-order valence-electron chi connectivity index (χ4n) is 2.67. The summed E-state index contributed by atoms with van der Waals surface area (Å²) >= 11 is 0. The second-order valence-corrected chi connectivity index (χ2v) is 5.00. The first kappa shape index (κ1) is 14.2. The number of rotatable bonds is 5. The van der Waals surface area contributed by atoms with Crippen molar-refractivity contribution in [1.29, 1.82) is 0 Å². The maximum absolute atomic E-state index is 11.5. The normalized spacial score (nSPS) is 16.6. The molecule has 0 heterocycles. The van der Waals surface area contributed by atoms with Gasteiger partial charge in [-0.1, -0.05) is 12.6 Å². The van der Waals surface area contributed by atoms with Gasteiger partial charge in [-0.15, -0.1) is 0 Å². The van der Waals surface area contributed by atoms with E-state index in [0.29, 0.717) is 18.7 Å². The molecule has 1 unspecified atom stereocenters. The lowest BCUT2D eigenvalue weighted by Crippen LogP contribution is -2.34. The van der Waals surface area contributed by atoms with Crippen LogP contribution in [0.4, 0.5) is 4.79 Å². The number of nitrogens with two attached hydrogens (primary N) is 1. The van der Waals surface area contributed by atoms with Gasteiger partial charge in [0.15, 0.2) is 0 Å². The number of benzene rings is 1. The van der Waals surface area contributed by atoms with Gasteiger partial charge in [-0.25, -0.2) is 4.79 Å². The van der Waals surface area contributed by atoms with E-state index < -0.39 is 6.09 Å². The summed E-state index contributed by atoms with van der Waals surface area (Å²) in [5.41, 5.74) is 8.27. The zero-order chi connectivity index (χ0) is 14.7. The molecule has 0 saturated heterocycles. The van der Waals surface area contributed by atoms with Crippen LogP contribution in [0.15, 0.2) is 30.5 Å². The maximum atomic E-state index is 11.5. The molecule has 0 aromatic heterocycles. The van der Waals surface area contributed by atoms with Gasteiger partial charge in [0.05, 0.1) is 13.2 Å². The average molecular weight is 276 g/mol. The number of hydrogen-bond donors (Lipinski definition) is 2. The number of carboxylic acid groups (broad SMARTS) is 1. The van der Waals surface area contributed by atoms with E-state index >= 15 is 0 Å². The third-order valence-corrected chi connectivity index (χ3v) is 3.69. The van der Waals surface area contributed by atoms with Crippen molar-refractivity contribution in [2.45, 2.75) is 25.3 Å². The number of aryl methyl sites for hydroxylation is 1. The minimum absolute atomic E-state index is 0.104. The Morgan fingerprint density at radius 2 is 2.35 bits per heavy atom. The molecule has 1 atom stereocenters. The summed E-state index contributed by atoms with van der Waals surface area (Å²) in [4.78, 5) is 12.9. The first-order chi connectivity index (χ1) is 9.52. The van der Waals surface area contributed by atoms with Crippen LogP contribution < -0.4 is 10.5 Å². The van der Waals surface area contributed by atoms with Gasteiger partial charge in [-0.3, -0.25) is 0 Å². The predicted molar refractivity (Wildman–Crippen MR) is 76.7 cm³/mol. The van der Waals surface area contributed by atoms with Gasteiger partial charge in [-0.05, 0) is 36.1 Å². The van der Waals surface area contributed by atoms with Crippen LogP contribution in [0.2, 0.25) is 0 Å². The van der Waals surface area contributed by atoms with E-state index in [1.807, 2.05) is 18.2 Å². The van der Waals surface area contributed by atoms with Crippen LogP contribution in [0, 0.1) is 0 Å². The van der Waals surface area contributed by atoms with Gasteiger partial charge in [-0.2, -0.15) is 0 Å². The molecule has 0 saturated carbocycles. The van der Waals surface area contributed by atoms with Crippen molar-refractivity contribution in [3.63, 3.8) is 0 Å². The first-order valence-electron chi connectivity index (χ1n) is 6.62. The summed E-state index contributed by atoms with van der Waals surface area (Å²) in [6, 6.07) is 5.71. The third kappa shape index (κ3) is 2.87. The lowest BCUT2D eigenvalue weighted by Gasteiger charge is -2.27. The van der Waals surface area contributed by atoms with E-state index in [1.165, 1.54) is 4.90 Å². The zero-order valence-corrected chi connectivity index (χ0v) is 11.6. The van der Waals surface area contributed by atoms with Crippen LogP contribution in [0.3, 0.4) is 0 Å². The van der Waals surface area contributed by atoms with Crippen molar-refractivity contribution in [3.8, 4) is 5.75 Å². The molecule has 1 aliphatic rings. The third-order valence-electron chi connectivity index (χ3n) is 3.69. The monoisotopic (exact) mass is 276 g/mol. The highest BCUT2D eigenvalue weighted by Crippen LogP contribution is 2.37. The van der Waals surface area contributed by atoms with Crippen LogP contribution in [0.25, 0.3) is 0 Å². The Kier molecular flexibility index (Phi) is 4.17. The minimum atomic E-state index is -0.917. The Bertz CT molecular complexity index is 528. The van der Waals surface area contributed by atoms with Crippen LogP contribution in [0.5, 0.6) is 5.75 Å². The molecule has 108 valence electrons. The van der Waals surface area contributed by atoms with Gasteiger partial charge in [0.25, 0.3) is 0 Å². The van der Waals surface area contributed by atoms with Crippen molar-refractivity contribution in [2.75, 3.05) is 13.7 Å². The standard InChI is InChI=1S/C15H20N2O3/c1-10(16)7-8-17(15(18)19)14-6-3-11-9-12(20-2)4-5-13(11)14/h4-5,9,14H,1,3,6-8,16H2,2H3,(H,18,19). The molecular formula is C15H20N2O3. The topological polar surface area (TPSA) is 75.8 Å². The first-order valence-corrected chi connectivity index (χ1v) is 6.62. The Balaban J connectivity index is 2.21. The summed E-state index contributed by atoms with van der Waals surface area (Å²) in [7, 11) is 1.63. The molecule has 1 aromatic rings. The second kappa shape index (κ2) is 5.86. The van der Waals surface area contributed by atoms with Crippen LogP contribution in [-0.2, 0) is 6.42 Å². The number of amides is 1. The van der Waals surface area contributed by atoms with E-state index in [2.05, 4.69) is 6.58 Å². The van der Waals surface area contributed by atoms with Gasteiger partial charge in [0.2, 0.25) is 0 Å². The SMILES string of the molecule is C=C(N)CCN(C(=O)O)C1CCc2cc(OC)ccc21. The number of ether oxygens (including phenoxy) is 1. The molecule has 5 nitrogen and oxygen atoms in total. The molecule has 0 fully saturated rings. The Hall–Kier alpha value is -2.17. The van der Waals surface area contributed by atoms with E-state index in [9.17, 15) is 9.90 Å². The quantitative estimate of drug-likeness (QED) is 0.866. The number of fused-ring (bicyclic) bond motifs is 1. The van der Waals surface area contributed by atoms with E-state index in [-0.39, 0.29) is 6.04 Å². The smallest absolute Gasteiger partial charge is 0.407 e. The van der Waals surface area contributed by atoms with Crippen molar-refractivity contribution in [2.24, 2.45) is 5.73 Å². The van der Waals surface area contributed by atoms with Crippen molar-refractivity contribution >= 4 is 6.09 Å². The van der Waals surface area contributed by atoms with Crippen molar-refractivity contribution < 1.29 is 14.6 Å². The number of methoxy groups -OCH3 is 1. The van der Waals surface area contributed by atoms with Gasteiger partial charge < -0.3 is 20.5 Å². The molecular weight excluding hydrogens is 256 g/mol. The fraction of sp³-hybridized carbons (Fsp3) is 0.400. The molecule has 0 radical (unpaired) electrons. The van der Waals surface area contributed by atoms with E-state index in [1.54, 1.807) is 7.11 Å². The van der Waals surface area contributed by atoms with Crippen LogP contribution in [0.1, 0.15) is 30.0 Å². The van der Waals surface area contributed by atoms with Gasteiger partial charge in [0, 0.05) is 18.7 Å². The lowest BCUT2D eigenvalue weighted by atomic mass is 10.1. The van der Waals surface area contributed by atoms with Crippen molar-refractivity contribution in [1.82, 2.24) is 4.90 Å². The number of nitrogens with zero attached hydrogens (tertiary/aromatic N) is 1. The molecule has 1 aliphatic carbocycles. The summed E-state index contributed by atoms with van der Waals surface area (Å²) in [5, 5.41) is 9.40. The summed E-state index contributed by atoms with van der Waals surface area (Å²) < 4.78 is 5.20. The summed E-state index contributed by atoms with van der Waals surface area (Å²) in [5.74, 6) is 0.807. The van der Waals surface area contributed by atoms with Gasteiger partial charge in [0.1, 0.15) is 5.75 Å². The molecule has 1 amide bonds. The molecule has 20 heavy (non-hydrogen) atoms. The van der Waals surface area contributed by atoms with Crippen LogP contribution in [-0.4, -0.2) is 29.8 Å². The summed E-state index contributed by atoms with van der Waals surface area (Å²) in [6.07, 6.45) is 1.23. The fourth-order valence-corrected chi connectivity index (χ4v) is 2.67. The minimum Gasteiger partial charge on any atom is -0.497 e. The van der Waals surface area contributed by atoms with Crippen LogP contribution >= 0.6 is 0 Å². The molecule has 3 N–H and O–H groups in total. The molecule has 2 rings (SSSR count). The highest BCUT2D eigenvalue weighted by atomic mass is 16.5. The number of carbonyl (C=O) groups is 1. The zero-order valence-electron chi connectivity index (χ0n) is 11.6. The Morgan fingerprint density at radius 1 is 1.60 bits per heavy atom. The van der Waals surface area contributed by atoms with E-state index in [0.717, 1.165) is 29.7 Å². The Morgan fingerprint density at radius 3 is 2.95 bits per heavy atom. The molecule has 0 bridgehead atoms. The largest absolute Gasteiger partial charge is 0.497 e. The number of hydrogen-bond acceptors (Lipinski definition) is 3. The lowest BCUT2D eigenvalue weighted by molar-refractivity contribution is 0.124. The highest BCUT2D eigenvalue weighted by Gasteiger charge is 2.30. The summed E-state index contributed by atoms with van der Waals surface area (Å²) in [6.45, 7) is 4.00. The molecule has 0 aliphatic heterocycles. The van der Waals surface area contributed by atoms with Crippen molar-refractivity contribution in [3.05, 3.63) is 41.6 Å². The van der Waals surface area contributed by atoms with E-state index in [4.69, 9.17) is 10.5 Å². The maximum Gasteiger partial charge on any atom is 0.407 e. The highest BCUT2D eigenvalue weighted by molar-refractivity contribution is 5.66. The second-order valence-electron chi connectivity index (χ2n) is 5.00. The molecule has 1 aromatic carbocycles. The average Bonchev–Trinajstić information content (AvgIpc) is 2.81.